The van der Waals surface area contributed by atoms with E-state index in [1.54, 1.807) is 0 Å². The largest absolute Gasteiger partial charge is 0.444 e. The Bertz CT molecular complexity index is 211. The molecule has 0 bridgehead atoms. The molecule has 0 aliphatic carbocycles. The van der Waals surface area contributed by atoms with Crippen LogP contribution in [0.15, 0.2) is 15.2 Å². The summed E-state index contributed by atoms with van der Waals surface area (Å²) in [6.45, 7) is 0. The standard InChI is InChI=1S/C5H4BrNO2/c6-5-4(7)1-3(2-8)9-5/h1-2H,7H2. The summed E-state index contributed by atoms with van der Waals surface area (Å²) in [6, 6.07) is 1.46. The fraction of sp³-hybridized carbons (Fsp3) is 0. The quantitative estimate of drug-likeness (QED) is 0.681. The van der Waals surface area contributed by atoms with E-state index < -0.39 is 0 Å². The van der Waals surface area contributed by atoms with E-state index in [-0.39, 0.29) is 5.76 Å². The highest BCUT2D eigenvalue weighted by Crippen LogP contribution is 2.21. The summed E-state index contributed by atoms with van der Waals surface area (Å²) in [5.41, 5.74) is 5.76. The first-order chi connectivity index (χ1) is 4.24. The van der Waals surface area contributed by atoms with Crippen molar-refractivity contribution in [3.05, 3.63) is 16.5 Å². The summed E-state index contributed by atoms with van der Waals surface area (Å²) in [4.78, 5) is 10.0. The molecule has 2 N–H and O–H groups in total. The van der Waals surface area contributed by atoms with Gasteiger partial charge in [0.25, 0.3) is 0 Å². The van der Waals surface area contributed by atoms with Crippen LogP contribution in [0.2, 0.25) is 0 Å². The fourth-order valence-corrected chi connectivity index (χ4v) is 0.761. The zero-order valence-corrected chi connectivity index (χ0v) is 6.01. The van der Waals surface area contributed by atoms with E-state index in [4.69, 9.17) is 10.2 Å². The summed E-state index contributed by atoms with van der Waals surface area (Å²) in [5, 5.41) is 0. The predicted molar refractivity (Wildman–Crippen MR) is 36.2 cm³/mol. The van der Waals surface area contributed by atoms with Crippen molar-refractivity contribution in [3.63, 3.8) is 0 Å². The highest BCUT2D eigenvalue weighted by atomic mass is 79.9. The Hall–Kier alpha value is -0.770. The molecule has 3 nitrogen and oxygen atoms in total. The molecule has 48 valence electrons. The minimum absolute atomic E-state index is 0.236. The molecule has 0 unspecified atom stereocenters. The molecule has 0 aliphatic rings. The maximum absolute atomic E-state index is 10.0. The lowest BCUT2D eigenvalue weighted by molar-refractivity contribution is 0.109. The van der Waals surface area contributed by atoms with Crippen molar-refractivity contribution in [1.82, 2.24) is 0 Å². The molecule has 0 aromatic carbocycles. The number of halogens is 1. The van der Waals surface area contributed by atoms with Crippen LogP contribution in [0.25, 0.3) is 0 Å². The van der Waals surface area contributed by atoms with Crippen molar-refractivity contribution >= 4 is 27.9 Å². The first kappa shape index (κ1) is 6.35. The first-order valence-corrected chi connectivity index (χ1v) is 3.03. The van der Waals surface area contributed by atoms with Crippen LogP contribution in [-0.4, -0.2) is 6.29 Å². The summed E-state index contributed by atoms with van der Waals surface area (Å²) < 4.78 is 5.19. The number of carbonyl (C=O) groups is 1. The van der Waals surface area contributed by atoms with E-state index in [2.05, 4.69) is 15.9 Å². The maximum Gasteiger partial charge on any atom is 0.192 e. The highest BCUT2D eigenvalue weighted by molar-refractivity contribution is 9.10. The van der Waals surface area contributed by atoms with Gasteiger partial charge in [-0.15, -0.1) is 0 Å². The van der Waals surface area contributed by atoms with Crippen LogP contribution in [0, 0.1) is 0 Å². The summed E-state index contributed by atoms with van der Waals surface area (Å²) in [7, 11) is 0. The Morgan fingerprint density at radius 1 is 1.78 bits per heavy atom. The van der Waals surface area contributed by atoms with Crippen molar-refractivity contribution in [2.75, 3.05) is 5.73 Å². The second kappa shape index (κ2) is 2.23. The van der Waals surface area contributed by atoms with Crippen LogP contribution >= 0.6 is 15.9 Å². The third-order valence-corrected chi connectivity index (χ3v) is 1.47. The lowest BCUT2D eigenvalue weighted by Crippen LogP contribution is -1.78. The van der Waals surface area contributed by atoms with Crippen LogP contribution in [-0.2, 0) is 0 Å². The van der Waals surface area contributed by atoms with Gasteiger partial charge in [0, 0.05) is 6.07 Å². The van der Waals surface area contributed by atoms with Gasteiger partial charge in [0.15, 0.2) is 16.7 Å². The molecule has 1 heterocycles. The zero-order valence-electron chi connectivity index (χ0n) is 4.43. The Morgan fingerprint density at radius 2 is 2.44 bits per heavy atom. The van der Waals surface area contributed by atoms with Crippen molar-refractivity contribution in [1.29, 1.82) is 0 Å². The Labute approximate surface area is 60.0 Å². The van der Waals surface area contributed by atoms with Crippen molar-refractivity contribution in [2.24, 2.45) is 0 Å². The topological polar surface area (TPSA) is 56.2 Å². The van der Waals surface area contributed by atoms with Crippen LogP contribution < -0.4 is 5.73 Å². The van der Waals surface area contributed by atoms with E-state index in [1.165, 1.54) is 6.07 Å². The van der Waals surface area contributed by atoms with Crippen molar-refractivity contribution < 1.29 is 9.21 Å². The average molecular weight is 190 g/mol. The molecule has 9 heavy (non-hydrogen) atoms. The predicted octanol–water partition coefficient (Wildman–Crippen LogP) is 1.44. The van der Waals surface area contributed by atoms with E-state index in [0.29, 0.717) is 16.6 Å². The number of anilines is 1. The van der Waals surface area contributed by atoms with Gasteiger partial charge in [-0.3, -0.25) is 4.79 Å². The van der Waals surface area contributed by atoms with Crippen LogP contribution in [0.1, 0.15) is 10.6 Å². The number of carbonyl (C=O) groups excluding carboxylic acids is 1. The Kier molecular flexibility index (Phi) is 1.57. The normalized spacial score (nSPS) is 9.44. The van der Waals surface area contributed by atoms with Crippen molar-refractivity contribution in [3.8, 4) is 0 Å². The third-order valence-electron chi connectivity index (χ3n) is 0.848. The molecule has 0 atom stereocenters. The molecule has 1 rings (SSSR count). The Morgan fingerprint density at radius 3 is 2.67 bits per heavy atom. The second-order valence-electron chi connectivity index (χ2n) is 1.50. The number of rotatable bonds is 1. The van der Waals surface area contributed by atoms with Gasteiger partial charge in [0.1, 0.15) is 0 Å². The number of hydrogen-bond acceptors (Lipinski definition) is 3. The molecule has 4 heteroatoms. The molecular formula is C5H4BrNO2. The van der Waals surface area contributed by atoms with E-state index in [9.17, 15) is 4.79 Å². The number of nitrogen functional groups attached to an aromatic ring is 1. The monoisotopic (exact) mass is 189 g/mol. The Balaban J connectivity index is 3.11. The second-order valence-corrected chi connectivity index (χ2v) is 2.22. The first-order valence-electron chi connectivity index (χ1n) is 2.24. The smallest absolute Gasteiger partial charge is 0.192 e. The van der Waals surface area contributed by atoms with Gasteiger partial charge in [-0.2, -0.15) is 0 Å². The van der Waals surface area contributed by atoms with E-state index >= 15 is 0 Å². The SMILES string of the molecule is Nc1cc(C=O)oc1Br. The minimum atomic E-state index is 0.236. The lowest BCUT2D eigenvalue weighted by atomic mass is 10.4. The fourth-order valence-electron chi connectivity index (χ4n) is 0.460. The number of hydrogen-bond donors (Lipinski definition) is 1. The summed E-state index contributed by atoms with van der Waals surface area (Å²) in [5.74, 6) is 0.236. The van der Waals surface area contributed by atoms with Gasteiger partial charge in [-0.25, -0.2) is 0 Å². The van der Waals surface area contributed by atoms with Gasteiger partial charge in [-0.1, -0.05) is 0 Å². The van der Waals surface area contributed by atoms with E-state index in [0.717, 1.165) is 0 Å². The molecule has 1 aromatic rings. The maximum atomic E-state index is 10.0. The molecule has 0 saturated carbocycles. The number of aldehydes is 1. The van der Waals surface area contributed by atoms with Gasteiger partial charge < -0.3 is 10.2 Å². The lowest BCUT2D eigenvalue weighted by Gasteiger charge is -1.78. The summed E-state index contributed by atoms with van der Waals surface area (Å²) in [6.07, 6.45) is 0.598. The molecule has 0 radical (unpaired) electrons. The van der Waals surface area contributed by atoms with Crippen LogP contribution in [0.5, 0.6) is 0 Å². The highest BCUT2D eigenvalue weighted by Gasteiger charge is 2.02. The summed E-state index contributed by atoms with van der Waals surface area (Å²) >= 11 is 3.01. The number of furan rings is 1. The van der Waals surface area contributed by atoms with Crippen molar-refractivity contribution in [2.45, 2.75) is 0 Å². The zero-order chi connectivity index (χ0) is 6.85. The molecular weight excluding hydrogens is 186 g/mol. The van der Waals surface area contributed by atoms with Gasteiger partial charge >= 0.3 is 0 Å². The van der Waals surface area contributed by atoms with E-state index in [1.807, 2.05) is 0 Å². The average Bonchev–Trinajstić information content (AvgIpc) is 2.13. The van der Waals surface area contributed by atoms with Crippen LogP contribution in [0.3, 0.4) is 0 Å². The van der Waals surface area contributed by atoms with Gasteiger partial charge in [-0.05, 0) is 15.9 Å². The molecule has 0 amide bonds. The minimum Gasteiger partial charge on any atom is -0.444 e. The molecule has 1 aromatic heterocycles. The molecule has 0 spiro atoms. The molecule has 0 fully saturated rings. The molecule has 0 aliphatic heterocycles. The third kappa shape index (κ3) is 1.13. The number of nitrogens with two attached hydrogens (primary N) is 1. The van der Waals surface area contributed by atoms with Gasteiger partial charge in [0.05, 0.1) is 5.69 Å². The molecule has 0 saturated heterocycles. The van der Waals surface area contributed by atoms with Gasteiger partial charge in [0.2, 0.25) is 0 Å². The van der Waals surface area contributed by atoms with Crippen LogP contribution in [0.4, 0.5) is 5.69 Å².